The Morgan fingerprint density at radius 3 is 3.00 bits per heavy atom. The fourth-order valence-electron chi connectivity index (χ4n) is 1.45. The van der Waals surface area contributed by atoms with Crippen molar-refractivity contribution >= 4 is 30.1 Å². The summed E-state index contributed by atoms with van der Waals surface area (Å²) in [6.45, 7) is 4.00. The first kappa shape index (κ1) is 15.1. The molecule has 15 heavy (non-hydrogen) atoms. The fourth-order valence-corrected chi connectivity index (χ4v) is 2.40. The summed E-state index contributed by atoms with van der Waals surface area (Å²) in [4.78, 5) is 11.4. The molecule has 3 nitrogen and oxygen atoms in total. The van der Waals surface area contributed by atoms with E-state index in [-0.39, 0.29) is 18.3 Å². The number of hydrogen-bond acceptors (Lipinski definition) is 3. The van der Waals surface area contributed by atoms with Gasteiger partial charge in [0.15, 0.2) is 0 Å². The molecule has 1 aliphatic heterocycles. The molecule has 0 bridgehead atoms. The number of rotatable bonds is 5. The molecule has 0 saturated carbocycles. The number of carbonyl (C=O) groups excluding carboxylic acids is 1. The van der Waals surface area contributed by atoms with Gasteiger partial charge in [0.2, 0.25) is 5.91 Å². The van der Waals surface area contributed by atoms with E-state index in [0.29, 0.717) is 12.5 Å². The molecule has 1 saturated heterocycles. The summed E-state index contributed by atoms with van der Waals surface area (Å²) in [5.74, 6) is 2.44. The van der Waals surface area contributed by atoms with Crippen LogP contribution in [-0.2, 0) is 4.79 Å². The average Bonchev–Trinajstić information content (AvgIpc) is 2.20. The maximum atomic E-state index is 11.4. The molecule has 1 amide bonds. The van der Waals surface area contributed by atoms with Gasteiger partial charge in [-0.2, -0.15) is 11.8 Å². The third kappa shape index (κ3) is 7.03. The van der Waals surface area contributed by atoms with Crippen molar-refractivity contribution in [2.24, 2.45) is 0 Å². The van der Waals surface area contributed by atoms with Crippen molar-refractivity contribution in [3.05, 3.63) is 0 Å². The maximum Gasteiger partial charge on any atom is 0.221 e. The third-order valence-corrected chi connectivity index (χ3v) is 3.41. The van der Waals surface area contributed by atoms with E-state index >= 15 is 0 Å². The van der Waals surface area contributed by atoms with Crippen LogP contribution in [-0.4, -0.2) is 36.5 Å². The highest BCUT2D eigenvalue weighted by Crippen LogP contribution is 2.09. The van der Waals surface area contributed by atoms with Crippen LogP contribution in [0, 0.1) is 0 Å². The molecule has 0 aromatic carbocycles. The second-order valence-corrected chi connectivity index (χ2v) is 4.78. The SMILES string of the molecule is CCCCNC(=O)CC1CSCCN1.Cl. The normalized spacial score (nSPS) is 20.5. The summed E-state index contributed by atoms with van der Waals surface area (Å²) < 4.78 is 0. The topological polar surface area (TPSA) is 41.1 Å². The second-order valence-electron chi connectivity index (χ2n) is 3.63. The van der Waals surface area contributed by atoms with Gasteiger partial charge in [-0.3, -0.25) is 4.79 Å². The third-order valence-electron chi connectivity index (χ3n) is 2.28. The molecule has 1 rings (SSSR count). The number of hydrogen-bond donors (Lipinski definition) is 2. The van der Waals surface area contributed by atoms with Gasteiger partial charge >= 0.3 is 0 Å². The molecule has 1 heterocycles. The molecule has 1 unspecified atom stereocenters. The lowest BCUT2D eigenvalue weighted by atomic mass is 10.2. The molecular formula is C10H21ClN2OS. The molecule has 5 heteroatoms. The van der Waals surface area contributed by atoms with Crippen LogP contribution in [0.25, 0.3) is 0 Å². The predicted molar refractivity (Wildman–Crippen MR) is 68.9 cm³/mol. The van der Waals surface area contributed by atoms with E-state index in [1.54, 1.807) is 0 Å². The van der Waals surface area contributed by atoms with Gasteiger partial charge in [0.1, 0.15) is 0 Å². The van der Waals surface area contributed by atoms with Crippen LogP contribution in [0.5, 0.6) is 0 Å². The number of halogens is 1. The van der Waals surface area contributed by atoms with Gasteiger partial charge in [-0.25, -0.2) is 0 Å². The van der Waals surface area contributed by atoms with E-state index in [4.69, 9.17) is 0 Å². The molecule has 2 N–H and O–H groups in total. The minimum atomic E-state index is 0. The number of thioether (sulfide) groups is 1. The second kappa shape index (κ2) is 9.31. The minimum absolute atomic E-state index is 0. The van der Waals surface area contributed by atoms with E-state index in [1.807, 2.05) is 11.8 Å². The highest BCUT2D eigenvalue weighted by Gasteiger charge is 2.15. The van der Waals surface area contributed by atoms with Gasteiger partial charge in [-0.1, -0.05) is 13.3 Å². The largest absolute Gasteiger partial charge is 0.356 e. The average molecular weight is 253 g/mol. The van der Waals surface area contributed by atoms with E-state index in [0.717, 1.165) is 31.7 Å². The van der Waals surface area contributed by atoms with Crippen LogP contribution in [0.3, 0.4) is 0 Å². The Labute approximate surface area is 103 Å². The van der Waals surface area contributed by atoms with Crippen molar-refractivity contribution < 1.29 is 4.79 Å². The van der Waals surface area contributed by atoms with Crippen molar-refractivity contribution in [3.8, 4) is 0 Å². The Morgan fingerprint density at radius 1 is 1.60 bits per heavy atom. The van der Waals surface area contributed by atoms with Crippen LogP contribution in [0.4, 0.5) is 0 Å². The van der Waals surface area contributed by atoms with Crippen LogP contribution in [0.15, 0.2) is 0 Å². The zero-order valence-corrected chi connectivity index (χ0v) is 10.9. The summed E-state index contributed by atoms with van der Waals surface area (Å²) in [7, 11) is 0. The Morgan fingerprint density at radius 2 is 2.40 bits per heavy atom. The van der Waals surface area contributed by atoms with E-state index in [9.17, 15) is 4.79 Å². The summed E-state index contributed by atoms with van der Waals surface area (Å²) in [6.07, 6.45) is 2.85. The lowest BCUT2D eigenvalue weighted by molar-refractivity contribution is -0.121. The zero-order valence-electron chi connectivity index (χ0n) is 9.25. The van der Waals surface area contributed by atoms with Crippen molar-refractivity contribution in [2.45, 2.75) is 32.2 Å². The molecule has 0 spiro atoms. The maximum absolute atomic E-state index is 11.4. The number of unbranched alkanes of at least 4 members (excludes halogenated alkanes) is 1. The quantitative estimate of drug-likeness (QED) is 0.728. The first-order valence-corrected chi connectivity index (χ1v) is 6.56. The van der Waals surface area contributed by atoms with Gasteiger partial charge in [0.05, 0.1) is 0 Å². The first-order chi connectivity index (χ1) is 6.83. The van der Waals surface area contributed by atoms with Crippen LogP contribution < -0.4 is 10.6 Å². The lowest BCUT2D eigenvalue weighted by Crippen LogP contribution is -2.41. The Bertz CT molecular complexity index is 175. The van der Waals surface area contributed by atoms with E-state index in [1.165, 1.54) is 5.75 Å². The molecule has 1 atom stereocenters. The highest BCUT2D eigenvalue weighted by atomic mass is 35.5. The number of carbonyl (C=O) groups is 1. The lowest BCUT2D eigenvalue weighted by Gasteiger charge is -2.22. The van der Waals surface area contributed by atoms with Gasteiger partial charge in [-0.15, -0.1) is 12.4 Å². The van der Waals surface area contributed by atoms with Crippen molar-refractivity contribution in [1.82, 2.24) is 10.6 Å². The minimum Gasteiger partial charge on any atom is -0.356 e. The first-order valence-electron chi connectivity index (χ1n) is 5.40. The van der Waals surface area contributed by atoms with Crippen molar-refractivity contribution in [2.75, 3.05) is 24.6 Å². The molecule has 1 aliphatic rings. The van der Waals surface area contributed by atoms with Crippen LogP contribution in [0.1, 0.15) is 26.2 Å². The van der Waals surface area contributed by atoms with Gasteiger partial charge < -0.3 is 10.6 Å². The zero-order chi connectivity index (χ0) is 10.2. The summed E-state index contributed by atoms with van der Waals surface area (Å²) >= 11 is 1.93. The predicted octanol–water partition coefficient (Wildman–Crippen LogP) is 1.42. The van der Waals surface area contributed by atoms with Crippen LogP contribution >= 0.6 is 24.2 Å². The van der Waals surface area contributed by atoms with Gasteiger partial charge in [-0.05, 0) is 6.42 Å². The van der Waals surface area contributed by atoms with Gasteiger partial charge in [0, 0.05) is 37.1 Å². The van der Waals surface area contributed by atoms with Crippen molar-refractivity contribution in [1.29, 1.82) is 0 Å². The smallest absolute Gasteiger partial charge is 0.221 e. The standard InChI is InChI=1S/C10H20N2OS.ClH/c1-2-3-4-12-10(13)7-9-8-14-6-5-11-9;/h9,11H,2-8H2,1H3,(H,12,13);1H. The molecule has 0 aromatic rings. The summed E-state index contributed by atoms with van der Waals surface area (Å²) in [5.41, 5.74) is 0. The molecule has 0 aliphatic carbocycles. The fraction of sp³-hybridized carbons (Fsp3) is 0.900. The Balaban J connectivity index is 0.00000196. The molecule has 90 valence electrons. The van der Waals surface area contributed by atoms with E-state index < -0.39 is 0 Å². The molecule has 1 fully saturated rings. The molecular weight excluding hydrogens is 232 g/mol. The summed E-state index contributed by atoms with van der Waals surface area (Å²) in [5, 5.41) is 6.30. The Kier molecular flexibility index (Phi) is 9.35. The molecule has 0 radical (unpaired) electrons. The van der Waals surface area contributed by atoms with E-state index in [2.05, 4.69) is 17.6 Å². The monoisotopic (exact) mass is 252 g/mol. The van der Waals surface area contributed by atoms with Crippen molar-refractivity contribution in [3.63, 3.8) is 0 Å². The number of nitrogens with one attached hydrogen (secondary N) is 2. The highest BCUT2D eigenvalue weighted by molar-refractivity contribution is 7.99. The molecule has 0 aromatic heterocycles. The summed E-state index contributed by atoms with van der Waals surface area (Å²) in [6, 6.07) is 0.385. The number of amides is 1. The van der Waals surface area contributed by atoms with Gasteiger partial charge in [0.25, 0.3) is 0 Å². The van der Waals surface area contributed by atoms with Crippen LogP contribution in [0.2, 0.25) is 0 Å². The Hall–Kier alpha value is 0.0700.